The standard InChI is InChI=1S/C19H18ClN3O2/c1-13(14-7-5-8-16(20)10-14)22(2)18(24)12-23-19(25)17-9-4-3-6-15(17)11-21-23/h3-11,13H,12H2,1-2H3. The summed E-state index contributed by atoms with van der Waals surface area (Å²) < 4.78 is 1.20. The Balaban J connectivity index is 1.82. The number of benzene rings is 2. The van der Waals surface area contributed by atoms with E-state index in [-0.39, 0.29) is 24.1 Å². The molecule has 0 fully saturated rings. The van der Waals surface area contributed by atoms with E-state index in [1.807, 2.05) is 37.3 Å². The summed E-state index contributed by atoms with van der Waals surface area (Å²) in [6.07, 6.45) is 1.60. The number of hydrogen-bond donors (Lipinski definition) is 0. The molecule has 3 rings (SSSR count). The van der Waals surface area contributed by atoms with Gasteiger partial charge in [-0.3, -0.25) is 9.59 Å². The van der Waals surface area contributed by atoms with Gasteiger partial charge in [0, 0.05) is 17.5 Å². The van der Waals surface area contributed by atoms with Crippen LogP contribution in [0, 0.1) is 0 Å². The highest BCUT2D eigenvalue weighted by molar-refractivity contribution is 6.30. The van der Waals surface area contributed by atoms with Crippen molar-refractivity contribution in [2.45, 2.75) is 19.5 Å². The largest absolute Gasteiger partial charge is 0.337 e. The van der Waals surface area contributed by atoms with E-state index >= 15 is 0 Å². The number of likely N-dealkylation sites (N-methyl/N-ethyl adjacent to an activating group) is 1. The smallest absolute Gasteiger partial charge is 0.275 e. The maximum Gasteiger partial charge on any atom is 0.275 e. The number of fused-ring (bicyclic) bond motifs is 1. The van der Waals surface area contributed by atoms with Crippen LogP contribution in [0.2, 0.25) is 5.02 Å². The van der Waals surface area contributed by atoms with Gasteiger partial charge >= 0.3 is 0 Å². The minimum Gasteiger partial charge on any atom is -0.337 e. The third-order valence-electron chi connectivity index (χ3n) is 4.35. The summed E-state index contributed by atoms with van der Waals surface area (Å²) >= 11 is 6.02. The van der Waals surface area contributed by atoms with Gasteiger partial charge in [-0.15, -0.1) is 0 Å². The van der Waals surface area contributed by atoms with Crippen molar-refractivity contribution in [1.82, 2.24) is 14.7 Å². The fourth-order valence-corrected chi connectivity index (χ4v) is 2.88. The highest BCUT2D eigenvalue weighted by Crippen LogP contribution is 2.22. The van der Waals surface area contributed by atoms with Crippen molar-refractivity contribution in [2.75, 3.05) is 7.05 Å². The lowest BCUT2D eigenvalue weighted by atomic mass is 10.1. The Morgan fingerprint density at radius 2 is 2.00 bits per heavy atom. The molecule has 0 bridgehead atoms. The first-order valence-corrected chi connectivity index (χ1v) is 8.31. The van der Waals surface area contributed by atoms with Crippen LogP contribution in [0.1, 0.15) is 18.5 Å². The summed E-state index contributed by atoms with van der Waals surface area (Å²) in [6, 6.07) is 14.4. The van der Waals surface area contributed by atoms with Gasteiger partial charge in [0.1, 0.15) is 6.54 Å². The van der Waals surface area contributed by atoms with Crippen LogP contribution < -0.4 is 5.56 Å². The van der Waals surface area contributed by atoms with E-state index < -0.39 is 0 Å². The first-order valence-electron chi connectivity index (χ1n) is 7.93. The summed E-state index contributed by atoms with van der Waals surface area (Å²) in [5, 5.41) is 6.05. The molecule has 3 aromatic rings. The molecule has 0 radical (unpaired) electrons. The van der Waals surface area contributed by atoms with Crippen molar-refractivity contribution in [2.24, 2.45) is 0 Å². The number of aromatic nitrogens is 2. The molecule has 25 heavy (non-hydrogen) atoms. The molecule has 0 saturated carbocycles. The van der Waals surface area contributed by atoms with Gasteiger partial charge in [0.25, 0.3) is 5.56 Å². The molecule has 0 aliphatic rings. The number of nitrogens with zero attached hydrogens (tertiary/aromatic N) is 3. The Morgan fingerprint density at radius 3 is 2.76 bits per heavy atom. The molecule has 0 aliphatic carbocycles. The second-order valence-corrected chi connectivity index (χ2v) is 6.37. The quantitative estimate of drug-likeness (QED) is 0.721. The normalized spacial score (nSPS) is 12.1. The predicted octanol–water partition coefficient (Wildman–Crippen LogP) is 3.27. The van der Waals surface area contributed by atoms with E-state index in [2.05, 4.69) is 5.10 Å². The molecule has 128 valence electrons. The molecule has 5 nitrogen and oxygen atoms in total. The molecular weight excluding hydrogens is 338 g/mol. The Kier molecular flexibility index (Phi) is 4.86. The second-order valence-electron chi connectivity index (χ2n) is 5.93. The van der Waals surface area contributed by atoms with Crippen molar-refractivity contribution >= 4 is 28.3 Å². The van der Waals surface area contributed by atoms with Gasteiger partial charge in [-0.2, -0.15) is 5.10 Å². The highest BCUT2D eigenvalue weighted by atomic mass is 35.5. The zero-order chi connectivity index (χ0) is 18.0. The van der Waals surface area contributed by atoms with Crippen LogP contribution in [0.3, 0.4) is 0 Å². The first-order chi connectivity index (χ1) is 12.0. The van der Waals surface area contributed by atoms with E-state index in [4.69, 9.17) is 11.6 Å². The van der Waals surface area contributed by atoms with Crippen molar-refractivity contribution in [1.29, 1.82) is 0 Å². The maximum absolute atomic E-state index is 12.6. The van der Waals surface area contributed by atoms with Crippen LogP contribution in [-0.2, 0) is 11.3 Å². The lowest BCUT2D eigenvalue weighted by Gasteiger charge is -2.25. The molecule has 1 atom stereocenters. The van der Waals surface area contributed by atoms with E-state index in [9.17, 15) is 9.59 Å². The number of hydrogen-bond acceptors (Lipinski definition) is 3. The van der Waals surface area contributed by atoms with Crippen LogP contribution in [-0.4, -0.2) is 27.6 Å². The lowest BCUT2D eigenvalue weighted by molar-refractivity contribution is -0.132. The molecule has 6 heteroatoms. The van der Waals surface area contributed by atoms with Gasteiger partial charge in [-0.25, -0.2) is 4.68 Å². The molecule has 2 aromatic carbocycles. The number of carbonyl (C=O) groups excluding carboxylic acids is 1. The summed E-state index contributed by atoms with van der Waals surface area (Å²) in [5.41, 5.74) is 0.664. The number of amides is 1. The third kappa shape index (κ3) is 3.56. The predicted molar refractivity (Wildman–Crippen MR) is 98.6 cm³/mol. The van der Waals surface area contributed by atoms with Crippen molar-refractivity contribution in [3.8, 4) is 0 Å². The van der Waals surface area contributed by atoms with Gasteiger partial charge in [-0.1, -0.05) is 41.9 Å². The van der Waals surface area contributed by atoms with Gasteiger partial charge < -0.3 is 4.90 Å². The van der Waals surface area contributed by atoms with Crippen molar-refractivity contribution < 1.29 is 4.79 Å². The van der Waals surface area contributed by atoms with Gasteiger partial charge in [0.2, 0.25) is 5.91 Å². The Hall–Kier alpha value is -2.66. The Labute approximate surface area is 150 Å². The van der Waals surface area contributed by atoms with E-state index in [1.165, 1.54) is 4.68 Å². The Morgan fingerprint density at radius 1 is 1.24 bits per heavy atom. The zero-order valence-corrected chi connectivity index (χ0v) is 14.8. The van der Waals surface area contributed by atoms with Gasteiger partial charge in [0.05, 0.1) is 17.6 Å². The summed E-state index contributed by atoms with van der Waals surface area (Å²) in [7, 11) is 1.71. The second kappa shape index (κ2) is 7.07. The molecule has 1 aromatic heterocycles. The summed E-state index contributed by atoms with van der Waals surface area (Å²) in [6.45, 7) is 1.81. The lowest BCUT2D eigenvalue weighted by Crippen LogP contribution is -2.36. The molecule has 1 unspecified atom stereocenters. The number of carbonyl (C=O) groups is 1. The monoisotopic (exact) mass is 355 g/mol. The summed E-state index contributed by atoms with van der Waals surface area (Å²) in [4.78, 5) is 26.7. The SMILES string of the molecule is CC(c1cccc(Cl)c1)N(C)C(=O)Cn1ncc2ccccc2c1=O. The van der Waals surface area contributed by atoms with E-state index in [0.717, 1.165) is 10.9 Å². The zero-order valence-electron chi connectivity index (χ0n) is 14.0. The van der Waals surface area contributed by atoms with E-state index in [0.29, 0.717) is 10.4 Å². The van der Waals surface area contributed by atoms with Gasteiger partial charge in [0.15, 0.2) is 0 Å². The van der Waals surface area contributed by atoms with E-state index in [1.54, 1.807) is 36.3 Å². The van der Waals surface area contributed by atoms with Crippen LogP contribution in [0.15, 0.2) is 59.5 Å². The summed E-state index contributed by atoms with van der Waals surface area (Å²) in [5.74, 6) is -0.197. The molecule has 0 saturated heterocycles. The molecule has 1 amide bonds. The molecule has 0 N–H and O–H groups in total. The average Bonchev–Trinajstić information content (AvgIpc) is 2.63. The van der Waals surface area contributed by atoms with Crippen LogP contribution in [0.5, 0.6) is 0 Å². The van der Waals surface area contributed by atoms with Crippen LogP contribution >= 0.6 is 11.6 Å². The van der Waals surface area contributed by atoms with Crippen LogP contribution in [0.4, 0.5) is 0 Å². The minimum absolute atomic E-state index is 0.106. The molecule has 0 aliphatic heterocycles. The number of rotatable bonds is 4. The Bertz CT molecular complexity index is 984. The molecular formula is C19H18ClN3O2. The van der Waals surface area contributed by atoms with Gasteiger partial charge in [-0.05, 0) is 30.7 Å². The molecule has 1 heterocycles. The fourth-order valence-electron chi connectivity index (χ4n) is 2.69. The topological polar surface area (TPSA) is 55.2 Å². The highest BCUT2D eigenvalue weighted by Gasteiger charge is 2.19. The van der Waals surface area contributed by atoms with Crippen LogP contribution in [0.25, 0.3) is 10.8 Å². The third-order valence-corrected chi connectivity index (χ3v) is 4.59. The number of halogens is 1. The average molecular weight is 356 g/mol. The minimum atomic E-state index is -0.268. The van der Waals surface area contributed by atoms with Crippen molar-refractivity contribution in [3.63, 3.8) is 0 Å². The first kappa shape index (κ1) is 17.2. The fraction of sp³-hybridized carbons (Fsp3) is 0.211. The van der Waals surface area contributed by atoms with Crippen molar-refractivity contribution in [3.05, 3.63) is 75.7 Å². The molecule has 0 spiro atoms. The maximum atomic E-state index is 12.6.